The van der Waals surface area contributed by atoms with E-state index in [1.807, 2.05) is 18.2 Å². The third kappa shape index (κ3) is 4.22. The summed E-state index contributed by atoms with van der Waals surface area (Å²) in [4.78, 5) is 0. The second-order valence-electron chi connectivity index (χ2n) is 6.69. The summed E-state index contributed by atoms with van der Waals surface area (Å²) < 4.78 is 5.29. The maximum Gasteiger partial charge on any atom is 0.174 e. The smallest absolute Gasteiger partial charge is 0.174 e. The van der Waals surface area contributed by atoms with Crippen molar-refractivity contribution in [2.45, 2.75) is 58.5 Å². The molecule has 0 spiro atoms. The minimum Gasteiger partial charge on any atom is -0.479 e. The summed E-state index contributed by atoms with van der Waals surface area (Å²) in [5.74, 6) is 0.755. The van der Waals surface area contributed by atoms with E-state index >= 15 is 0 Å². The van der Waals surface area contributed by atoms with Crippen molar-refractivity contribution in [2.24, 2.45) is 5.41 Å². The Bertz CT molecular complexity index is 487. The molecule has 2 rings (SSSR count). The van der Waals surface area contributed by atoms with Gasteiger partial charge in [0.1, 0.15) is 11.8 Å². The average Bonchev–Trinajstić information content (AvgIpc) is 2.47. The minimum absolute atomic E-state index is 0.101. The van der Waals surface area contributed by atoms with Crippen LogP contribution < -0.4 is 10.1 Å². The molecule has 0 heterocycles. The third-order valence-electron chi connectivity index (χ3n) is 4.64. The number of hydrogen-bond donors (Lipinski definition) is 1. The lowest BCUT2D eigenvalue weighted by molar-refractivity contribution is 0.157. The highest BCUT2D eigenvalue weighted by Crippen LogP contribution is 2.36. The van der Waals surface area contributed by atoms with Crippen LogP contribution in [0.4, 0.5) is 0 Å². The molecule has 1 aliphatic carbocycles. The van der Waals surface area contributed by atoms with Crippen LogP contribution in [0.15, 0.2) is 24.3 Å². The highest BCUT2D eigenvalue weighted by atomic mass is 16.5. The Balaban J connectivity index is 1.96. The fourth-order valence-electron chi connectivity index (χ4n) is 3.17. The Hall–Kier alpha value is -1.53. The van der Waals surface area contributed by atoms with Crippen molar-refractivity contribution in [3.8, 4) is 11.8 Å². The number of rotatable bonds is 5. The van der Waals surface area contributed by atoms with Crippen molar-refractivity contribution in [3.63, 3.8) is 0 Å². The molecule has 1 aromatic carbocycles. The van der Waals surface area contributed by atoms with E-state index in [0.717, 1.165) is 5.75 Å². The first-order valence-electron chi connectivity index (χ1n) is 7.89. The van der Waals surface area contributed by atoms with E-state index in [9.17, 15) is 0 Å². The van der Waals surface area contributed by atoms with Gasteiger partial charge < -0.3 is 10.1 Å². The van der Waals surface area contributed by atoms with Crippen molar-refractivity contribution in [2.75, 3.05) is 6.61 Å². The van der Waals surface area contributed by atoms with Gasteiger partial charge in [-0.05, 0) is 42.9 Å². The molecule has 0 bridgehead atoms. The van der Waals surface area contributed by atoms with Gasteiger partial charge in [0.05, 0.1) is 0 Å². The molecule has 2 unspecified atom stereocenters. The number of benzene rings is 1. The van der Waals surface area contributed by atoms with E-state index in [0.29, 0.717) is 17.5 Å². The summed E-state index contributed by atoms with van der Waals surface area (Å²) in [6, 6.07) is 10.9. The van der Waals surface area contributed by atoms with Gasteiger partial charge in [-0.15, -0.1) is 0 Å². The van der Waals surface area contributed by atoms with Crippen LogP contribution >= 0.6 is 0 Å². The van der Waals surface area contributed by atoms with Crippen molar-refractivity contribution in [1.82, 2.24) is 5.32 Å². The molecule has 21 heavy (non-hydrogen) atoms. The van der Waals surface area contributed by atoms with E-state index in [1.54, 1.807) is 0 Å². The van der Waals surface area contributed by atoms with Crippen LogP contribution in [-0.4, -0.2) is 12.6 Å². The molecule has 1 N–H and O–H groups in total. The maximum absolute atomic E-state index is 8.52. The number of nitrogens with one attached hydrogen (secondary N) is 1. The van der Waals surface area contributed by atoms with Gasteiger partial charge in [0.25, 0.3) is 0 Å². The minimum atomic E-state index is 0.101. The van der Waals surface area contributed by atoms with Gasteiger partial charge in [-0.25, -0.2) is 0 Å². The standard InChI is InChI=1S/C18H26N2O/c1-14(20-17-6-4-5-11-18(17,2)3)15-7-9-16(10-8-15)21-13-12-19/h7-10,14,17,20H,4-6,11,13H2,1-3H3. The van der Waals surface area contributed by atoms with Crippen molar-refractivity contribution in [3.05, 3.63) is 29.8 Å². The molecule has 1 aromatic rings. The average molecular weight is 286 g/mol. The summed E-state index contributed by atoms with van der Waals surface area (Å²) in [6.45, 7) is 7.06. The molecular weight excluding hydrogens is 260 g/mol. The number of nitrogens with zero attached hydrogens (tertiary/aromatic N) is 1. The van der Waals surface area contributed by atoms with Crippen LogP contribution in [0.2, 0.25) is 0 Å². The predicted molar refractivity (Wildman–Crippen MR) is 85.1 cm³/mol. The summed E-state index contributed by atoms with van der Waals surface area (Å²) >= 11 is 0. The summed E-state index contributed by atoms with van der Waals surface area (Å²) in [6.07, 6.45) is 5.25. The highest BCUT2D eigenvalue weighted by molar-refractivity contribution is 5.29. The zero-order valence-electron chi connectivity index (χ0n) is 13.4. The largest absolute Gasteiger partial charge is 0.479 e. The van der Waals surface area contributed by atoms with Crippen molar-refractivity contribution >= 4 is 0 Å². The van der Waals surface area contributed by atoms with Gasteiger partial charge in [-0.3, -0.25) is 0 Å². The van der Waals surface area contributed by atoms with Crippen LogP contribution in [0.3, 0.4) is 0 Å². The normalized spacial score (nSPS) is 22.3. The van der Waals surface area contributed by atoms with Crippen LogP contribution in [0, 0.1) is 16.7 Å². The van der Waals surface area contributed by atoms with Crippen LogP contribution in [0.1, 0.15) is 58.1 Å². The van der Waals surface area contributed by atoms with Gasteiger partial charge in [0.2, 0.25) is 0 Å². The third-order valence-corrected chi connectivity index (χ3v) is 4.64. The molecule has 1 fully saturated rings. The Labute approximate surface area is 128 Å². The quantitative estimate of drug-likeness (QED) is 0.882. The van der Waals surface area contributed by atoms with E-state index in [-0.39, 0.29) is 6.61 Å². The maximum atomic E-state index is 8.52. The zero-order valence-corrected chi connectivity index (χ0v) is 13.4. The molecule has 1 saturated carbocycles. The lowest BCUT2D eigenvalue weighted by Gasteiger charge is -2.40. The SMILES string of the molecule is CC(NC1CCCCC1(C)C)c1ccc(OCC#N)cc1. The highest BCUT2D eigenvalue weighted by Gasteiger charge is 2.32. The van der Waals surface area contributed by atoms with Gasteiger partial charge in [-0.1, -0.05) is 38.8 Å². The molecule has 2 atom stereocenters. The summed E-state index contributed by atoms with van der Waals surface area (Å²) in [5.41, 5.74) is 1.64. The van der Waals surface area contributed by atoms with Gasteiger partial charge in [0.15, 0.2) is 6.61 Å². The molecule has 0 aromatic heterocycles. The van der Waals surface area contributed by atoms with E-state index in [4.69, 9.17) is 10.00 Å². The Morgan fingerprint density at radius 3 is 2.67 bits per heavy atom. The molecule has 0 amide bonds. The van der Waals surface area contributed by atoms with Gasteiger partial charge in [0, 0.05) is 12.1 Å². The van der Waals surface area contributed by atoms with Crippen molar-refractivity contribution < 1.29 is 4.74 Å². The van der Waals surface area contributed by atoms with E-state index < -0.39 is 0 Å². The number of ether oxygens (including phenoxy) is 1. The molecule has 0 saturated heterocycles. The van der Waals surface area contributed by atoms with Crippen LogP contribution in [0.5, 0.6) is 5.75 Å². The summed E-state index contributed by atoms with van der Waals surface area (Å²) in [7, 11) is 0. The lowest BCUT2D eigenvalue weighted by Crippen LogP contribution is -2.45. The number of hydrogen-bond acceptors (Lipinski definition) is 3. The van der Waals surface area contributed by atoms with Crippen molar-refractivity contribution in [1.29, 1.82) is 5.26 Å². The first kappa shape index (κ1) is 15.9. The summed E-state index contributed by atoms with van der Waals surface area (Å²) in [5, 5.41) is 12.3. The second-order valence-corrected chi connectivity index (χ2v) is 6.69. The molecule has 0 aliphatic heterocycles. The Kier molecular flexibility index (Phi) is 5.25. The Morgan fingerprint density at radius 2 is 2.05 bits per heavy atom. The predicted octanol–water partition coefficient (Wildman–Crippen LogP) is 4.21. The molecule has 114 valence electrons. The number of nitriles is 1. The zero-order chi connectivity index (χ0) is 15.3. The molecule has 3 heteroatoms. The lowest BCUT2D eigenvalue weighted by atomic mass is 9.73. The van der Waals surface area contributed by atoms with Crippen LogP contribution in [-0.2, 0) is 0 Å². The molecular formula is C18H26N2O. The second kappa shape index (κ2) is 6.95. The fourth-order valence-corrected chi connectivity index (χ4v) is 3.17. The monoisotopic (exact) mass is 286 g/mol. The topological polar surface area (TPSA) is 45.0 Å². The van der Waals surface area contributed by atoms with Crippen LogP contribution in [0.25, 0.3) is 0 Å². The van der Waals surface area contributed by atoms with E-state index in [1.165, 1.54) is 31.2 Å². The Morgan fingerprint density at radius 1 is 1.33 bits per heavy atom. The molecule has 3 nitrogen and oxygen atoms in total. The molecule has 0 radical (unpaired) electrons. The van der Waals surface area contributed by atoms with Gasteiger partial charge in [-0.2, -0.15) is 5.26 Å². The van der Waals surface area contributed by atoms with Gasteiger partial charge >= 0.3 is 0 Å². The fraction of sp³-hybridized carbons (Fsp3) is 0.611. The first-order valence-corrected chi connectivity index (χ1v) is 7.89. The van der Waals surface area contributed by atoms with E-state index in [2.05, 4.69) is 38.2 Å². The molecule has 1 aliphatic rings. The first-order chi connectivity index (χ1) is 10.0.